The van der Waals surface area contributed by atoms with Crippen LogP contribution in [-0.2, 0) is 16.6 Å². The minimum absolute atomic E-state index is 0. The van der Waals surface area contributed by atoms with Crippen LogP contribution in [0.15, 0.2) is 34.2 Å². The van der Waals surface area contributed by atoms with E-state index in [0.29, 0.717) is 36.4 Å². The van der Waals surface area contributed by atoms with E-state index in [1.807, 2.05) is 19.2 Å². The first-order valence-electron chi connectivity index (χ1n) is 9.55. The topological polar surface area (TPSA) is 77.0 Å². The van der Waals surface area contributed by atoms with Crippen molar-refractivity contribution in [3.05, 3.63) is 29.8 Å². The second-order valence-electron chi connectivity index (χ2n) is 7.35. The zero-order valence-corrected chi connectivity index (χ0v) is 20.5. The van der Waals surface area contributed by atoms with Crippen LogP contribution in [0.2, 0.25) is 0 Å². The van der Waals surface area contributed by atoms with Gasteiger partial charge in [0.1, 0.15) is 0 Å². The number of rotatable bonds is 7. The maximum absolute atomic E-state index is 13.1. The fourth-order valence-electron chi connectivity index (χ4n) is 2.95. The van der Waals surface area contributed by atoms with Crippen molar-refractivity contribution < 1.29 is 8.42 Å². The Morgan fingerprint density at radius 1 is 1.14 bits per heavy atom. The number of halogens is 1. The molecule has 1 saturated heterocycles. The number of piperazine rings is 1. The fraction of sp³-hybridized carbons (Fsp3) is 0.632. The van der Waals surface area contributed by atoms with Crippen LogP contribution in [0.1, 0.15) is 25.8 Å². The molecule has 0 saturated carbocycles. The molecule has 1 aromatic rings. The van der Waals surface area contributed by atoms with E-state index >= 15 is 0 Å². The third-order valence-electron chi connectivity index (χ3n) is 4.74. The SMILES string of the molecule is CN=C(NCCC(C)C)NCc1ccccc1S(=O)(=O)N1CCN(C)CC1.I. The van der Waals surface area contributed by atoms with Gasteiger partial charge in [0, 0.05) is 46.3 Å². The lowest BCUT2D eigenvalue weighted by Crippen LogP contribution is -2.47. The average Bonchev–Trinajstić information content (AvgIpc) is 2.65. The van der Waals surface area contributed by atoms with Crippen molar-refractivity contribution in [2.75, 3.05) is 46.8 Å². The molecule has 0 bridgehead atoms. The van der Waals surface area contributed by atoms with E-state index in [1.165, 1.54) is 0 Å². The second kappa shape index (κ2) is 11.9. The molecule has 1 fully saturated rings. The molecule has 1 aromatic carbocycles. The van der Waals surface area contributed by atoms with Crippen LogP contribution in [0, 0.1) is 5.92 Å². The summed E-state index contributed by atoms with van der Waals surface area (Å²) in [5.74, 6) is 1.30. The minimum Gasteiger partial charge on any atom is -0.356 e. The van der Waals surface area contributed by atoms with Crippen LogP contribution in [-0.4, -0.2) is 70.4 Å². The van der Waals surface area contributed by atoms with E-state index in [1.54, 1.807) is 23.5 Å². The number of sulfonamides is 1. The molecule has 0 unspecified atom stereocenters. The zero-order chi connectivity index (χ0) is 19.9. The quantitative estimate of drug-likeness (QED) is 0.325. The number of hydrogen-bond acceptors (Lipinski definition) is 4. The van der Waals surface area contributed by atoms with Crippen molar-refractivity contribution in [1.82, 2.24) is 19.8 Å². The second-order valence-corrected chi connectivity index (χ2v) is 9.26. The molecule has 1 aliphatic heterocycles. The summed E-state index contributed by atoms with van der Waals surface area (Å²) in [5.41, 5.74) is 0.753. The van der Waals surface area contributed by atoms with Crippen LogP contribution < -0.4 is 10.6 Å². The molecular formula is C19H34IN5O2S. The number of nitrogens with zero attached hydrogens (tertiary/aromatic N) is 3. The zero-order valence-electron chi connectivity index (χ0n) is 17.3. The summed E-state index contributed by atoms with van der Waals surface area (Å²) in [5, 5.41) is 6.50. The fourth-order valence-corrected chi connectivity index (χ4v) is 4.59. The molecule has 0 spiro atoms. The largest absolute Gasteiger partial charge is 0.356 e. The normalized spacial score (nSPS) is 16.7. The highest BCUT2D eigenvalue weighted by atomic mass is 127. The van der Waals surface area contributed by atoms with Crippen molar-refractivity contribution in [2.24, 2.45) is 10.9 Å². The van der Waals surface area contributed by atoms with Crippen LogP contribution in [0.5, 0.6) is 0 Å². The van der Waals surface area contributed by atoms with Gasteiger partial charge in [-0.15, -0.1) is 24.0 Å². The molecule has 0 aliphatic carbocycles. The van der Waals surface area contributed by atoms with Gasteiger partial charge in [0.25, 0.3) is 0 Å². The maximum Gasteiger partial charge on any atom is 0.243 e. The van der Waals surface area contributed by atoms with E-state index in [4.69, 9.17) is 0 Å². The summed E-state index contributed by atoms with van der Waals surface area (Å²) in [6.45, 7) is 8.16. The highest BCUT2D eigenvalue weighted by Gasteiger charge is 2.29. The van der Waals surface area contributed by atoms with E-state index < -0.39 is 10.0 Å². The van der Waals surface area contributed by atoms with Crippen molar-refractivity contribution >= 4 is 40.0 Å². The lowest BCUT2D eigenvalue weighted by atomic mass is 10.1. The van der Waals surface area contributed by atoms with Gasteiger partial charge in [-0.3, -0.25) is 4.99 Å². The molecule has 9 heteroatoms. The molecule has 1 aliphatic rings. The van der Waals surface area contributed by atoms with Crippen molar-refractivity contribution in [3.63, 3.8) is 0 Å². The minimum atomic E-state index is -3.49. The van der Waals surface area contributed by atoms with Crippen LogP contribution >= 0.6 is 24.0 Å². The van der Waals surface area contributed by atoms with Crippen molar-refractivity contribution in [3.8, 4) is 0 Å². The summed E-state index contributed by atoms with van der Waals surface area (Å²) < 4.78 is 27.8. The molecular weight excluding hydrogens is 489 g/mol. The van der Waals surface area contributed by atoms with E-state index in [9.17, 15) is 8.42 Å². The number of hydrogen-bond donors (Lipinski definition) is 2. The summed E-state index contributed by atoms with van der Waals surface area (Å²) in [4.78, 5) is 6.74. The lowest BCUT2D eigenvalue weighted by molar-refractivity contribution is 0.222. The number of benzene rings is 1. The Balaban J connectivity index is 0.00000392. The Labute approximate surface area is 187 Å². The average molecular weight is 523 g/mol. The number of likely N-dealkylation sites (N-methyl/N-ethyl adjacent to an activating group) is 1. The molecule has 28 heavy (non-hydrogen) atoms. The van der Waals surface area contributed by atoms with E-state index in [0.717, 1.165) is 31.6 Å². The molecule has 2 N–H and O–H groups in total. The smallest absolute Gasteiger partial charge is 0.243 e. The van der Waals surface area contributed by atoms with Gasteiger partial charge >= 0.3 is 0 Å². The van der Waals surface area contributed by atoms with E-state index in [2.05, 4.69) is 34.4 Å². The molecule has 7 nitrogen and oxygen atoms in total. The Kier molecular flexibility index (Phi) is 10.7. The van der Waals surface area contributed by atoms with Gasteiger partial charge in [0.2, 0.25) is 10.0 Å². The monoisotopic (exact) mass is 523 g/mol. The van der Waals surface area contributed by atoms with Gasteiger partial charge < -0.3 is 15.5 Å². The molecule has 0 amide bonds. The van der Waals surface area contributed by atoms with Crippen molar-refractivity contribution in [1.29, 1.82) is 0 Å². The van der Waals surface area contributed by atoms with Crippen molar-refractivity contribution in [2.45, 2.75) is 31.7 Å². The number of guanidine groups is 1. The van der Waals surface area contributed by atoms with Crippen LogP contribution in [0.4, 0.5) is 0 Å². The lowest BCUT2D eigenvalue weighted by Gasteiger charge is -2.32. The third-order valence-corrected chi connectivity index (χ3v) is 6.74. The van der Waals surface area contributed by atoms with Gasteiger partial charge in [-0.05, 0) is 31.0 Å². The standard InChI is InChI=1S/C19H33N5O2S.HI/c1-16(2)9-10-21-19(20-3)22-15-17-7-5-6-8-18(17)27(25,26)24-13-11-23(4)12-14-24;/h5-8,16H,9-15H2,1-4H3,(H2,20,21,22);1H. The summed E-state index contributed by atoms with van der Waals surface area (Å²) >= 11 is 0. The predicted octanol–water partition coefficient (Wildman–Crippen LogP) is 1.95. The Hall–Kier alpha value is -0.910. The summed E-state index contributed by atoms with van der Waals surface area (Å²) in [6.07, 6.45) is 1.05. The molecule has 0 aromatic heterocycles. The van der Waals surface area contributed by atoms with Crippen LogP contribution in [0.3, 0.4) is 0 Å². The maximum atomic E-state index is 13.1. The number of nitrogens with one attached hydrogen (secondary N) is 2. The Morgan fingerprint density at radius 3 is 2.39 bits per heavy atom. The molecule has 2 rings (SSSR count). The van der Waals surface area contributed by atoms with Gasteiger partial charge in [-0.1, -0.05) is 32.0 Å². The summed E-state index contributed by atoms with van der Waals surface area (Å²) in [6, 6.07) is 7.20. The van der Waals surface area contributed by atoms with Gasteiger partial charge in [-0.2, -0.15) is 4.31 Å². The van der Waals surface area contributed by atoms with Gasteiger partial charge in [0.15, 0.2) is 5.96 Å². The Morgan fingerprint density at radius 2 is 1.79 bits per heavy atom. The molecule has 1 heterocycles. The summed E-state index contributed by atoms with van der Waals surface area (Å²) in [7, 11) is 0.241. The highest BCUT2D eigenvalue weighted by molar-refractivity contribution is 14.0. The van der Waals surface area contributed by atoms with Gasteiger partial charge in [0.05, 0.1) is 4.90 Å². The number of aliphatic imine (C=N–C) groups is 1. The third kappa shape index (κ3) is 7.16. The molecule has 0 atom stereocenters. The first kappa shape index (κ1) is 25.1. The first-order valence-corrected chi connectivity index (χ1v) is 11.0. The Bertz CT molecular complexity index is 732. The predicted molar refractivity (Wildman–Crippen MR) is 126 cm³/mol. The van der Waals surface area contributed by atoms with E-state index in [-0.39, 0.29) is 24.0 Å². The first-order chi connectivity index (χ1) is 12.8. The highest BCUT2D eigenvalue weighted by Crippen LogP contribution is 2.21. The molecule has 160 valence electrons. The van der Waals surface area contributed by atoms with Gasteiger partial charge in [-0.25, -0.2) is 8.42 Å². The molecule has 0 radical (unpaired) electrons. The van der Waals surface area contributed by atoms with Crippen LogP contribution in [0.25, 0.3) is 0 Å².